The molecule has 0 aromatic heterocycles. The number of nitrogens with zero attached hydrogens (tertiary/aromatic N) is 1. The zero-order chi connectivity index (χ0) is 25.4. The Morgan fingerprint density at radius 1 is 0.778 bits per heavy atom. The Labute approximate surface area is 216 Å². The lowest BCUT2D eigenvalue weighted by Gasteiger charge is -2.42. The number of aliphatic hydroxyl groups excluding tert-OH is 1. The first-order valence-electron chi connectivity index (χ1n) is 13.3. The third-order valence-electron chi connectivity index (χ3n) is 7.56. The van der Waals surface area contributed by atoms with E-state index in [9.17, 15) is 10.2 Å². The molecule has 1 fully saturated rings. The summed E-state index contributed by atoms with van der Waals surface area (Å²) in [6.45, 7) is 6.51. The van der Waals surface area contributed by atoms with Crippen molar-refractivity contribution in [2.75, 3.05) is 26.3 Å². The van der Waals surface area contributed by atoms with Crippen molar-refractivity contribution < 1.29 is 14.9 Å². The van der Waals surface area contributed by atoms with E-state index in [2.05, 4.69) is 41.3 Å². The third-order valence-corrected chi connectivity index (χ3v) is 7.56. The van der Waals surface area contributed by atoms with Crippen LogP contribution in [0.5, 0.6) is 0 Å². The number of likely N-dealkylation sites (tertiary alicyclic amines) is 1. The molecular formula is C32H41NO3. The molecule has 0 saturated carbocycles. The molecule has 0 aliphatic carbocycles. The Morgan fingerprint density at radius 3 is 1.83 bits per heavy atom. The molecule has 3 aromatic rings. The van der Waals surface area contributed by atoms with Crippen LogP contribution in [0.3, 0.4) is 0 Å². The van der Waals surface area contributed by atoms with Crippen molar-refractivity contribution in [1.29, 1.82) is 0 Å². The first-order chi connectivity index (χ1) is 17.4. The minimum atomic E-state index is -1.03. The number of hydrogen-bond acceptors (Lipinski definition) is 4. The SMILES string of the molecule is CC(C)(CO)c1ccc(C(O)(CCCOC(c2ccccc2)c2ccccc2)N2CCCCC2)cc1. The lowest BCUT2D eigenvalue weighted by atomic mass is 9.84. The van der Waals surface area contributed by atoms with Gasteiger partial charge < -0.3 is 14.9 Å². The van der Waals surface area contributed by atoms with Crippen LogP contribution < -0.4 is 0 Å². The molecule has 1 heterocycles. The van der Waals surface area contributed by atoms with E-state index in [4.69, 9.17) is 4.74 Å². The van der Waals surface area contributed by atoms with Crippen LogP contribution >= 0.6 is 0 Å². The molecule has 3 aromatic carbocycles. The van der Waals surface area contributed by atoms with Crippen LogP contribution in [-0.4, -0.2) is 41.4 Å². The number of hydrogen-bond donors (Lipinski definition) is 2. The summed E-state index contributed by atoms with van der Waals surface area (Å²) in [5, 5.41) is 21.8. The van der Waals surface area contributed by atoms with Crippen LogP contribution in [-0.2, 0) is 15.9 Å². The Hall–Kier alpha value is -2.50. The van der Waals surface area contributed by atoms with Crippen molar-refractivity contribution in [3.8, 4) is 0 Å². The largest absolute Gasteiger partial charge is 0.395 e. The van der Waals surface area contributed by atoms with E-state index in [0.717, 1.165) is 54.6 Å². The fraction of sp³-hybridized carbons (Fsp3) is 0.438. The van der Waals surface area contributed by atoms with Gasteiger partial charge in [0.05, 0.1) is 6.61 Å². The normalized spacial score (nSPS) is 16.7. The zero-order valence-electron chi connectivity index (χ0n) is 21.8. The maximum absolute atomic E-state index is 12.1. The summed E-state index contributed by atoms with van der Waals surface area (Å²) >= 11 is 0. The summed E-state index contributed by atoms with van der Waals surface area (Å²) in [5.41, 5.74) is 2.94. The van der Waals surface area contributed by atoms with E-state index >= 15 is 0 Å². The van der Waals surface area contributed by atoms with Crippen LogP contribution in [0.15, 0.2) is 84.9 Å². The molecule has 0 spiro atoms. The molecule has 0 amide bonds. The molecule has 2 N–H and O–H groups in total. The molecule has 4 nitrogen and oxygen atoms in total. The standard InChI is InChI=1S/C32H41NO3/c1-31(2,25-34)28-17-19-29(20-18-28)32(35,33-22-10-5-11-23-33)21-12-24-36-30(26-13-6-3-7-14-26)27-15-8-4-9-16-27/h3-4,6-9,13-20,30,34-35H,5,10-12,21-25H2,1-2H3. The molecule has 4 rings (SSSR count). The molecule has 1 unspecified atom stereocenters. The predicted octanol–water partition coefficient (Wildman–Crippen LogP) is 6.17. The highest BCUT2D eigenvalue weighted by atomic mass is 16.5. The molecule has 0 bridgehead atoms. The topological polar surface area (TPSA) is 52.9 Å². The van der Waals surface area contributed by atoms with Crippen LogP contribution in [0.25, 0.3) is 0 Å². The fourth-order valence-electron chi connectivity index (χ4n) is 5.19. The average Bonchev–Trinajstić information content (AvgIpc) is 2.94. The van der Waals surface area contributed by atoms with Crippen molar-refractivity contribution in [3.63, 3.8) is 0 Å². The summed E-state index contributed by atoms with van der Waals surface area (Å²) < 4.78 is 6.45. The van der Waals surface area contributed by atoms with Crippen LogP contribution in [0.2, 0.25) is 0 Å². The van der Waals surface area contributed by atoms with Crippen molar-refractivity contribution in [2.45, 2.75) is 63.2 Å². The molecule has 192 valence electrons. The minimum absolute atomic E-state index is 0.0874. The van der Waals surface area contributed by atoms with Gasteiger partial charge in [-0.15, -0.1) is 0 Å². The summed E-state index contributed by atoms with van der Waals surface area (Å²) in [7, 11) is 0. The average molecular weight is 488 g/mol. The second-order valence-corrected chi connectivity index (χ2v) is 10.7. The van der Waals surface area contributed by atoms with Gasteiger partial charge in [0.25, 0.3) is 0 Å². The number of rotatable bonds is 11. The van der Waals surface area contributed by atoms with E-state index in [0.29, 0.717) is 13.0 Å². The Balaban J connectivity index is 1.49. The van der Waals surface area contributed by atoms with E-state index in [1.807, 2.05) is 62.4 Å². The predicted molar refractivity (Wildman–Crippen MR) is 146 cm³/mol. The summed E-state index contributed by atoms with van der Waals surface area (Å²) in [6, 6.07) is 28.9. The summed E-state index contributed by atoms with van der Waals surface area (Å²) in [5.74, 6) is 0. The van der Waals surface area contributed by atoms with E-state index in [1.165, 1.54) is 6.42 Å². The minimum Gasteiger partial charge on any atom is -0.395 e. The van der Waals surface area contributed by atoms with Gasteiger partial charge in [-0.3, -0.25) is 4.90 Å². The monoisotopic (exact) mass is 487 g/mol. The van der Waals surface area contributed by atoms with Crippen molar-refractivity contribution >= 4 is 0 Å². The van der Waals surface area contributed by atoms with Gasteiger partial charge in [-0.05, 0) is 47.9 Å². The van der Waals surface area contributed by atoms with Crippen molar-refractivity contribution in [2.24, 2.45) is 0 Å². The summed E-state index contributed by atoms with van der Waals surface area (Å²) in [4.78, 5) is 2.24. The quantitative estimate of drug-likeness (QED) is 0.317. The highest BCUT2D eigenvalue weighted by molar-refractivity contribution is 5.32. The lowest BCUT2D eigenvalue weighted by Crippen LogP contribution is -2.48. The second-order valence-electron chi connectivity index (χ2n) is 10.7. The Kier molecular flexibility index (Phi) is 8.97. The summed E-state index contributed by atoms with van der Waals surface area (Å²) in [6.07, 6.45) is 4.65. The molecule has 1 aliphatic heterocycles. The molecule has 4 heteroatoms. The third kappa shape index (κ3) is 6.24. The van der Waals surface area contributed by atoms with Gasteiger partial charge in [-0.1, -0.05) is 105 Å². The van der Waals surface area contributed by atoms with Gasteiger partial charge in [0.1, 0.15) is 11.8 Å². The van der Waals surface area contributed by atoms with Gasteiger partial charge in [0.15, 0.2) is 0 Å². The van der Waals surface area contributed by atoms with E-state index in [-0.39, 0.29) is 18.1 Å². The van der Waals surface area contributed by atoms with Gasteiger partial charge in [0.2, 0.25) is 0 Å². The zero-order valence-corrected chi connectivity index (χ0v) is 21.8. The first-order valence-corrected chi connectivity index (χ1v) is 13.3. The van der Waals surface area contributed by atoms with Crippen LogP contribution in [0, 0.1) is 0 Å². The maximum Gasteiger partial charge on any atom is 0.144 e. The number of piperidine rings is 1. The fourth-order valence-corrected chi connectivity index (χ4v) is 5.19. The van der Waals surface area contributed by atoms with Gasteiger partial charge in [0, 0.05) is 25.1 Å². The molecule has 1 aliphatic rings. The van der Waals surface area contributed by atoms with Gasteiger partial charge in [-0.2, -0.15) is 0 Å². The number of benzene rings is 3. The smallest absolute Gasteiger partial charge is 0.144 e. The highest BCUT2D eigenvalue weighted by Gasteiger charge is 2.37. The highest BCUT2D eigenvalue weighted by Crippen LogP contribution is 2.35. The van der Waals surface area contributed by atoms with Crippen molar-refractivity contribution in [3.05, 3.63) is 107 Å². The molecule has 0 radical (unpaired) electrons. The first kappa shape index (κ1) is 26.6. The van der Waals surface area contributed by atoms with Gasteiger partial charge in [-0.25, -0.2) is 0 Å². The number of aliphatic hydroxyl groups is 2. The number of ether oxygens (including phenoxy) is 1. The maximum atomic E-state index is 12.1. The Bertz CT molecular complexity index is 1010. The van der Waals surface area contributed by atoms with E-state index in [1.54, 1.807) is 0 Å². The second kappa shape index (κ2) is 12.2. The van der Waals surface area contributed by atoms with Crippen molar-refractivity contribution in [1.82, 2.24) is 4.90 Å². The molecular weight excluding hydrogens is 446 g/mol. The molecule has 36 heavy (non-hydrogen) atoms. The molecule has 1 atom stereocenters. The van der Waals surface area contributed by atoms with Gasteiger partial charge >= 0.3 is 0 Å². The van der Waals surface area contributed by atoms with Crippen LogP contribution in [0.4, 0.5) is 0 Å². The van der Waals surface area contributed by atoms with E-state index < -0.39 is 5.72 Å². The molecule has 1 saturated heterocycles. The Morgan fingerprint density at radius 2 is 1.31 bits per heavy atom. The lowest BCUT2D eigenvalue weighted by molar-refractivity contribution is -0.133. The van der Waals surface area contributed by atoms with Crippen LogP contribution in [0.1, 0.15) is 74.3 Å².